The topological polar surface area (TPSA) is 57.6 Å². The summed E-state index contributed by atoms with van der Waals surface area (Å²) in [6, 6.07) is 6.82. The predicted octanol–water partition coefficient (Wildman–Crippen LogP) is 1.98. The Balaban J connectivity index is 2.44. The van der Waals surface area contributed by atoms with Gasteiger partial charge in [-0.15, -0.1) is 0 Å². The highest BCUT2D eigenvalue weighted by Crippen LogP contribution is 2.28. The Hall–Kier alpha value is -1.35. The van der Waals surface area contributed by atoms with Gasteiger partial charge in [-0.3, -0.25) is 0 Å². The fraction of sp³-hybridized carbons (Fsp3) is 0.500. The molecule has 0 saturated carbocycles. The van der Waals surface area contributed by atoms with Gasteiger partial charge in [-0.25, -0.2) is 8.42 Å². The van der Waals surface area contributed by atoms with Crippen molar-refractivity contribution in [2.75, 3.05) is 13.2 Å². The van der Waals surface area contributed by atoms with Gasteiger partial charge in [0.15, 0.2) is 0 Å². The van der Waals surface area contributed by atoms with Crippen LogP contribution < -0.4 is 0 Å². The van der Waals surface area contributed by atoms with Gasteiger partial charge in [0.1, 0.15) is 6.61 Å². The molecule has 0 amide bonds. The lowest BCUT2D eigenvalue weighted by Crippen LogP contribution is -2.43. The van der Waals surface area contributed by atoms with Crippen molar-refractivity contribution in [1.29, 1.82) is 0 Å². The van der Waals surface area contributed by atoms with E-state index < -0.39 is 10.0 Å². The monoisotopic (exact) mass is 307 g/mol. The predicted molar refractivity (Wildman–Crippen MR) is 82.2 cm³/mol. The van der Waals surface area contributed by atoms with Gasteiger partial charge in [-0.05, 0) is 31.4 Å². The fourth-order valence-corrected chi connectivity index (χ4v) is 4.67. The van der Waals surface area contributed by atoms with Gasteiger partial charge in [0.2, 0.25) is 10.0 Å². The number of aliphatic hydroxyl groups is 1. The number of piperidine rings is 1. The van der Waals surface area contributed by atoms with Crippen molar-refractivity contribution in [3.05, 3.63) is 29.8 Å². The van der Waals surface area contributed by atoms with Gasteiger partial charge >= 0.3 is 0 Å². The summed E-state index contributed by atoms with van der Waals surface area (Å²) in [6.07, 6.45) is 3.72. The molecule has 2 rings (SSSR count). The summed E-state index contributed by atoms with van der Waals surface area (Å²) in [7, 11) is -3.54. The van der Waals surface area contributed by atoms with E-state index in [1.807, 2.05) is 6.92 Å². The summed E-state index contributed by atoms with van der Waals surface area (Å²) in [4.78, 5) is 0.242. The molecule has 1 fully saturated rings. The highest BCUT2D eigenvalue weighted by molar-refractivity contribution is 7.89. The SMILES string of the molecule is CCC1CCCCN1S(=O)(=O)c1ccccc1C#CCO. The Morgan fingerprint density at radius 2 is 2.10 bits per heavy atom. The molecule has 0 radical (unpaired) electrons. The molecule has 1 N–H and O–H groups in total. The van der Waals surface area contributed by atoms with Crippen LogP contribution in [0.15, 0.2) is 29.2 Å². The number of sulfonamides is 1. The van der Waals surface area contributed by atoms with Crippen LogP contribution in [0.5, 0.6) is 0 Å². The first kappa shape index (κ1) is 16.0. The van der Waals surface area contributed by atoms with Gasteiger partial charge in [0, 0.05) is 18.2 Å². The standard InChI is InChI=1S/C16H21NO3S/c1-2-15-10-5-6-12-17(15)21(19,20)16-11-4-3-8-14(16)9-7-13-18/h3-4,8,11,15,18H,2,5-6,10,12-13H2,1H3. The van der Waals surface area contributed by atoms with Crippen LogP contribution in [0.4, 0.5) is 0 Å². The number of rotatable bonds is 3. The quantitative estimate of drug-likeness (QED) is 0.869. The van der Waals surface area contributed by atoms with Crippen LogP contribution in [0.2, 0.25) is 0 Å². The Morgan fingerprint density at radius 3 is 2.81 bits per heavy atom. The van der Waals surface area contributed by atoms with Crippen molar-refractivity contribution >= 4 is 10.0 Å². The third-order valence-corrected chi connectivity index (χ3v) is 5.83. The van der Waals surface area contributed by atoms with Crippen molar-refractivity contribution in [1.82, 2.24) is 4.31 Å². The summed E-state index contributed by atoms with van der Waals surface area (Å²) < 4.78 is 27.5. The maximum absolute atomic E-state index is 12.9. The minimum atomic E-state index is -3.54. The first-order valence-electron chi connectivity index (χ1n) is 7.32. The van der Waals surface area contributed by atoms with E-state index in [1.54, 1.807) is 28.6 Å². The Kier molecular flexibility index (Phi) is 5.40. The maximum Gasteiger partial charge on any atom is 0.244 e. The molecule has 5 heteroatoms. The summed E-state index contributed by atoms with van der Waals surface area (Å²) in [6.45, 7) is 2.31. The summed E-state index contributed by atoms with van der Waals surface area (Å²) >= 11 is 0. The number of nitrogens with zero attached hydrogens (tertiary/aromatic N) is 1. The lowest BCUT2D eigenvalue weighted by atomic mass is 10.0. The highest BCUT2D eigenvalue weighted by Gasteiger charge is 2.33. The van der Waals surface area contributed by atoms with Gasteiger partial charge in [-0.2, -0.15) is 4.31 Å². The molecular weight excluding hydrogens is 286 g/mol. The van der Waals surface area contributed by atoms with E-state index in [9.17, 15) is 8.42 Å². The molecule has 1 saturated heterocycles. The molecule has 1 aliphatic rings. The smallest absolute Gasteiger partial charge is 0.244 e. The van der Waals surface area contributed by atoms with Crippen LogP contribution in [-0.2, 0) is 10.0 Å². The molecule has 1 aliphatic heterocycles. The number of aliphatic hydroxyl groups excluding tert-OH is 1. The van der Waals surface area contributed by atoms with Gasteiger partial charge in [0.25, 0.3) is 0 Å². The first-order valence-corrected chi connectivity index (χ1v) is 8.76. The average molecular weight is 307 g/mol. The molecule has 1 aromatic rings. The van der Waals surface area contributed by atoms with Crippen LogP contribution in [-0.4, -0.2) is 37.0 Å². The van der Waals surface area contributed by atoms with Crippen molar-refractivity contribution in [2.45, 2.75) is 43.5 Å². The summed E-state index contributed by atoms with van der Waals surface area (Å²) in [5.74, 6) is 5.26. The zero-order chi connectivity index (χ0) is 15.3. The molecule has 0 spiro atoms. The van der Waals surface area contributed by atoms with Crippen molar-refractivity contribution in [3.8, 4) is 11.8 Å². The maximum atomic E-state index is 12.9. The minimum Gasteiger partial charge on any atom is -0.384 e. The third kappa shape index (κ3) is 3.46. The van der Waals surface area contributed by atoms with E-state index in [4.69, 9.17) is 5.11 Å². The molecule has 1 unspecified atom stereocenters. The Labute approximate surface area is 126 Å². The molecular formula is C16H21NO3S. The van der Waals surface area contributed by atoms with Crippen LogP contribution in [0.25, 0.3) is 0 Å². The molecule has 0 bridgehead atoms. The lowest BCUT2D eigenvalue weighted by molar-refractivity contribution is 0.246. The lowest BCUT2D eigenvalue weighted by Gasteiger charge is -2.34. The molecule has 21 heavy (non-hydrogen) atoms. The van der Waals surface area contributed by atoms with Gasteiger partial charge in [-0.1, -0.05) is 37.3 Å². The second-order valence-corrected chi connectivity index (χ2v) is 6.99. The largest absolute Gasteiger partial charge is 0.384 e. The van der Waals surface area contributed by atoms with E-state index in [0.717, 1.165) is 25.7 Å². The van der Waals surface area contributed by atoms with Crippen molar-refractivity contribution in [2.24, 2.45) is 0 Å². The molecule has 1 aromatic carbocycles. The average Bonchev–Trinajstić information content (AvgIpc) is 2.53. The van der Waals surface area contributed by atoms with E-state index in [2.05, 4.69) is 11.8 Å². The van der Waals surface area contributed by atoms with Crippen LogP contribution in [0, 0.1) is 11.8 Å². The molecule has 4 nitrogen and oxygen atoms in total. The molecule has 114 valence electrons. The second kappa shape index (κ2) is 7.08. The van der Waals surface area contributed by atoms with Gasteiger partial charge < -0.3 is 5.11 Å². The van der Waals surface area contributed by atoms with Crippen molar-refractivity contribution < 1.29 is 13.5 Å². The Bertz CT molecular complexity index is 643. The second-order valence-electron chi connectivity index (χ2n) is 5.13. The third-order valence-electron chi connectivity index (χ3n) is 3.82. The first-order chi connectivity index (χ1) is 10.1. The van der Waals surface area contributed by atoms with E-state index >= 15 is 0 Å². The van der Waals surface area contributed by atoms with E-state index in [-0.39, 0.29) is 17.5 Å². The Morgan fingerprint density at radius 1 is 1.33 bits per heavy atom. The molecule has 0 aliphatic carbocycles. The minimum absolute atomic E-state index is 0.0719. The van der Waals surface area contributed by atoms with E-state index in [1.165, 1.54) is 0 Å². The van der Waals surface area contributed by atoms with Crippen LogP contribution in [0.3, 0.4) is 0 Å². The van der Waals surface area contributed by atoms with Crippen LogP contribution >= 0.6 is 0 Å². The summed E-state index contributed by atoms with van der Waals surface area (Å²) in [5.41, 5.74) is 0.451. The van der Waals surface area contributed by atoms with E-state index in [0.29, 0.717) is 12.1 Å². The van der Waals surface area contributed by atoms with Crippen LogP contribution in [0.1, 0.15) is 38.2 Å². The number of hydrogen-bond donors (Lipinski definition) is 1. The van der Waals surface area contributed by atoms with Crippen molar-refractivity contribution in [3.63, 3.8) is 0 Å². The summed E-state index contributed by atoms with van der Waals surface area (Å²) in [5, 5.41) is 8.82. The normalized spacial score (nSPS) is 19.8. The number of hydrogen-bond acceptors (Lipinski definition) is 3. The zero-order valence-electron chi connectivity index (χ0n) is 12.2. The van der Waals surface area contributed by atoms with Gasteiger partial charge in [0.05, 0.1) is 4.90 Å². The highest BCUT2D eigenvalue weighted by atomic mass is 32.2. The molecule has 1 atom stereocenters. The zero-order valence-corrected chi connectivity index (χ0v) is 13.1. The fourth-order valence-electron chi connectivity index (χ4n) is 2.75. The number of benzene rings is 1. The molecule has 1 heterocycles. The molecule has 0 aromatic heterocycles.